The summed E-state index contributed by atoms with van der Waals surface area (Å²) in [5.41, 5.74) is 0.897. The first kappa shape index (κ1) is 18.8. The van der Waals surface area contributed by atoms with Crippen molar-refractivity contribution in [2.45, 2.75) is 17.9 Å². The molecule has 3 aromatic rings. The molecule has 0 fully saturated rings. The van der Waals surface area contributed by atoms with E-state index in [1.807, 2.05) is 24.3 Å². The van der Waals surface area contributed by atoms with Gasteiger partial charge in [-0.25, -0.2) is 18.1 Å². The second kappa shape index (κ2) is 8.13. The van der Waals surface area contributed by atoms with Crippen molar-refractivity contribution in [3.05, 3.63) is 58.6 Å². The van der Waals surface area contributed by atoms with E-state index in [1.54, 1.807) is 12.1 Å². The minimum absolute atomic E-state index is 0.00319. The van der Waals surface area contributed by atoms with E-state index in [0.29, 0.717) is 6.54 Å². The SMILES string of the molecule is O=C(CCNS(=O)(=O)c1ccccc1Cl)NCc1nc2ccccc2s1. The topological polar surface area (TPSA) is 88.2 Å². The van der Waals surface area contributed by atoms with Gasteiger partial charge in [0.05, 0.1) is 21.8 Å². The summed E-state index contributed by atoms with van der Waals surface area (Å²) in [5, 5.41) is 3.69. The van der Waals surface area contributed by atoms with Crippen molar-refractivity contribution in [1.82, 2.24) is 15.0 Å². The number of rotatable bonds is 7. The zero-order chi connectivity index (χ0) is 18.6. The quantitative estimate of drug-likeness (QED) is 0.628. The van der Waals surface area contributed by atoms with E-state index in [1.165, 1.54) is 23.5 Å². The van der Waals surface area contributed by atoms with Gasteiger partial charge in [0.25, 0.3) is 0 Å². The van der Waals surface area contributed by atoms with Gasteiger partial charge in [-0.1, -0.05) is 35.9 Å². The van der Waals surface area contributed by atoms with Crippen molar-refractivity contribution in [2.75, 3.05) is 6.54 Å². The van der Waals surface area contributed by atoms with Crippen LogP contribution in [0.4, 0.5) is 0 Å². The fourth-order valence-corrected chi connectivity index (χ4v) is 4.75. The molecular formula is C17H16ClN3O3S2. The van der Waals surface area contributed by atoms with Gasteiger partial charge in [-0.3, -0.25) is 4.79 Å². The van der Waals surface area contributed by atoms with Gasteiger partial charge in [0.2, 0.25) is 15.9 Å². The number of aromatic nitrogens is 1. The third-order valence-corrected chi connectivity index (χ3v) is 6.54. The Bertz CT molecular complexity index is 1000. The first-order chi connectivity index (χ1) is 12.5. The number of fused-ring (bicyclic) bond motifs is 1. The van der Waals surface area contributed by atoms with E-state index in [9.17, 15) is 13.2 Å². The molecular weight excluding hydrogens is 394 g/mol. The number of nitrogens with zero attached hydrogens (tertiary/aromatic N) is 1. The number of hydrogen-bond acceptors (Lipinski definition) is 5. The third kappa shape index (κ3) is 4.59. The molecule has 3 rings (SSSR count). The van der Waals surface area contributed by atoms with E-state index < -0.39 is 10.0 Å². The van der Waals surface area contributed by atoms with Gasteiger partial charge in [-0.15, -0.1) is 11.3 Å². The summed E-state index contributed by atoms with van der Waals surface area (Å²) in [6.45, 7) is 0.300. The second-order valence-electron chi connectivity index (χ2n) is 5.43. The van der Waals surface area contributed by atoms with Crippen LogP contribution >= 0.6 is 22.9 Å². The van der Waals surface area contributed by atoms with Crippen LogP contribution in [0.1, 0.15) is 11.4 Å². The number of halogens is 1. The van der Waals surface area contributed by atoms with Crippen LogP contribution in [0.15, 0.2) is 53.4 Å². The smallest absolute Gasteiger partial charge is 0.242 e. The average Bonchev–Trinajstić information content (AvgIpc) is 3.03. The summed E-state index contributed by atoms with van der Waals surface area (Å²) in [6, 6.07) is 13.9. The fraction of sp³-hybridized carbons (Fsp3) is 0.176. The number of thiazole rings is 1. The van der Waals surface area contributed by atoms with Gasteiger partial charge in [0, 0.05) is 13.0 Å². The molecule has 6 nitrogen and oxygen atoms in total. The lowest BCUT2D eigenvalue weighted by atomic mass is 10.3. The molecule has 2 N–H and O–H groups in total. The molecule has 0 spiro atoms. The van der Waals surface area contributed by atoms with Gasteiger partial charge in [-0.2, -0.15) is 0 Å². The Kier molecular flexibility index (Phi) is 5.87. The Labute approximate surface area is 160 Å². The minimum Gasteiger partial charge on any atom is -0.350 e. The number of hydrogen-bond donors (Lipinski definition) is 2. The van der Waals surface area contributed by atoms with Gasteiger partial charge >= 0.3 is 0 Å². The van der Waals surface area contributed by atoms with Crippen LogP contribution in [0.2, 0.25) is 5.02 Å². The maximum atomic E-state index is 12.2. The Balaban J connectivity index is 1.49. The van der Waals surface area contributed by atoms with Crippen LogP contribution in [0.25, 0.3) is 10.2 Å². The summed E-state index contributed by atoms with van der Waals surface area (Å²) >= 11 is 7.41. The Morgan fingerprint density at radius 3 is 2.62 bits per heavy atom. The predicted molar refractivity (Wildman–Crippen MR) is 103 cm³/mol. The molecule has 0 saturated heterocycles. The summed E-state index contributed by atoms with van der Waals surface area (Å²) < 4.78 is 27.8. The molecule has 1 heterocycles. The first-order valence-electron chi connectivity index (χ1n) is 7.81. The maximum absolute atomic E-state index is 12.2. The van der Waals surface area contributed by atoms with Crippen molar-refractivity contribution in [1.29, 1.82) is 0 Å². The molecule has 0 unspecified atom stereocenters. The van der Waals surface area contributed by atoms with Crippen molar-refractivity contribution >= 4 is 49.1 Å². The first-order valence-corrected chi connectivity index (χ1v) is 10.5. The molecule has 1 aromatic heterocycles. The zero-order valence-corrected chi connectivity index (χ0v) is 16.0. The van der Waals surface area contributed by atoms with Crippen molar-refractivity contribution in [2.24, 2.45) is 0 Å². The highest BCUT2D eigenvalue weighted by molar-refractivity contribution is 7.89. The van der Waals surface area contributed by atoms with E-state index >= 15 is 0 Å². The van der Waals surface area contributed by atoms with E-state index in [2.05, 4.69) is 15.0 Å². The lowest BCUT2D eigenvalue weighted by Gasteiger charge is -2.08. The Hall–Kier alpha value is -2.00. The van der Waals surface area contributed by atoms with Crippen molar-refractivity contribution < 1.29 is 13.2 Å². The summed E-state index contributed by atoms with van der Waals surface area (Å²) in [5.74, 6) is -0.258. The van der Waals surface area contributed by atoms with Crippen LogP contribution in [0, 0.1) is 0 Å². The van der Waals surface area contributed by atoms with Crippen LogP contribution in [0.5, 0.6) is 0 Å². The van der Waals surface area contributed by atoms with Gasteiger partial charge in [0.1, 0.15) is 9.90 Å². The average molecular weight is 410 g/mol. The Morgan fingerprint density at radius 1 is 1.12 bits per heavy atom. The second-order valence-corrected chi connectivity index (χ2v) is 8.69. The summed E-state index contributed by atoms with van der Waals surface area (Å²) in [7, 11) is -3.74. The lowest BCUT2D eigenvalue weighted by Crippen LogP contribution is -2.30. The highest BCUT2D eigenvalue weighted by Crippen LogP contribution is 2.21. The molecule has 0 radical (unpaired) electrons. The van der Waals surface area contributed by atoms with Crippen LogP contribution < -0.4 is 10.0 Å². The summed E-state index contributed by atoms with van der Waals surface area (Å²) in [4.78, 5) is 16.4. The van der Waals surface area contributed by atoms with Gasteiger partial charge in [-0.05, 0) is 24.3 Å². The number of carbonyl (C=O) groups is 1. The standard InChI is InChI=1S/C17H16ClN3O3S2/c18-12-5-1-4-8-15(12)26(23,24)20-10-9-16(22)19-11-17-21-13-6-2-3-7-14(13)25-17/h1-8,20H,9-11H2,(H,19,22). The number of para-hydroxylation sites is 1. The molecule has 26 heavy (non-hydrogen) atoms. The molecule has 1 amide bonds. The monoisotopic (exact) mass is 409 g/mol. The molecule has 0 aliphatic heterocycles. The van der Waals surface area contributed by atoms with E-state index in [-0.39, 0.29) is 28.8 Å². The van der Waals surface area contributed by atoms with Gasteiger partial charge in [0.15, 0.2) is 0 Å². The zero-order valence-electron chi connectivity index (χ0n) is 13.6. The van der Waals surface area contributed by atoms with E-state index in [4.69, 9.17) is 11.6 Å². The number of benzene rings is 2. The molecule has 136 valence electrons. The fourth-order valence-electron chi connectivity index (χ4n) is 2.30. The molecule has 9 heteroatoms. The number of amides is 1. The van der Waals surface area contributed by atoms with Crippen molar-refractivity contribution in [3.63, 3.8) is 0 Å². The molecule has 0 atom stereocenters. The number of carbonyl (C=O) groups excluding carboxylic acids is 1. The van der Waals surface area contributed by atoms with Crippen LogP contribution in [0.3, 0.4) is 0 Å². The maximum Gasteiger partial charge on any atom is 0.242 e. The largest absolute Gasteiger partial charge is 0.350 e. The third-order valence-electron chi connectivity index (χ3n) is 3.55. The minimum atomic E-state index is -3.74. The predicted octanol–water partition coefficient (Wildman–Crippen LogP) is 2.93. The molecule has 0 aliphatic rings. The number of sulfonamides is 1. The van der Waals surface area contributed by atoms with Crippen LogP contribution in [-0.2, 0) is 21.4 Å². The Morgan fingerprint density at radius 2 is 1.85 bits per heavy atom. The van der Waals surface area contributed by atoms with Crippen molar-refractivity contribution in [3.8, 4) is 0 Å². The molecule has 0 aliphatic carbocycles. The van der Waals surface area contributed by atoms with Crippen LogP contribution in [-0.4, -0.2) is 25.9 Å². The highest BCUT2D eigenvalue weighted by atomic mass is 35.5. The van der Waals surface area contributed by atoms with E-state index in [0.717, 1.165) is 15.2 Å². The summed E-state index contributed by atoms with van der Waals surface area (Å²) in [6.07, 6.45) is 0.0224. The molecule has 0 saturated carbocycles. The lowest BCUT2D eigenvalue weighted by molar-refractivity contribution is -0.121. The van der Waals surface area contributed by atoms with Gasteiger partial charge < -0.3 is 5.32 Å². The molecule has 2 aromatic carbocycles. The highest BCUT2D eigenvalue weighted by Gasteiger charge is 2.17. The molecule has 0 bridgehead atoms. The number of nitrogens with one attached hydrogen (secondary N) is 2. The normalized spacial score (nSPS) is 11.6.